The summed E-state index contributed by atoms with van der Waals surface area (Å²) in [7, 11) is -0.740. The van der Waals surface area contributed by atoms with Crippen molar-refractivity contribution in [1.29, 1.82) is 0 Å². The van der Waals surface area contributed by atoms with Gasteiger partial charge >= 0.3 is 6.09 Å². The molecule has 0 aromatic carbocycles. The first-order valence-electron chi connectivity index (χ1n) is 5.08. The lowest BCUT2D eigenvalue weighted by Gasteiger charge is -2.19. The summed E-state index contributed by atoms with van der Waals surface area (Å²) in [6.07, 6.45) is 2.99. The standard InChI is InChI=1S/C10H21NO3S/c1-10(2,3)14-9(12)11-7-5-6-8-15(4)13/h5-8H2,1-4H3,(H,11,12). The van der Waals surface area contributed by atoms with Crippen LogP contribution in [-0.4, -0.2) is 34.5 Å². The smallest absolute Gasteiger partial charge is 0.407 e. The van der Waals surface area contributed by atoms with Crippen molar-refractivity contribution in [3.05, 3.63) is 0 Å². The van der Waals surface area contributed by atoms with Gasteiger partial charge in [-0.2, -0.15) is 0 Å². The van der Waals surface area contributed by atoms with Crippen molar-refractivity contribution >= 4 is 16.9 Å². The molecule has 5 heteroatoms. The van der Waals surface area contributed by atoms with Crippen molar-refractivity contribution in [2.45, 2.75) is 39.2 Å². The van der Waals surface area contributed by atoms with E-state index in [1.807, 2.05) is 20.8 Å². The van der Waals surface area contributed by atoms with Crippen LogP contribution in [0.3, 0.4) is 0 Å². The van der Waals surface area contributed by atoms with Crippen molar-refractivity contribution in [3.8, 4) is 0 Å². The molecule has 1 N–H and O–H groups in total. The summed E-state index contributed by atoms with van der Waals surface area (Å²) in [4.78, 5) is 11.2. The molecule has 15 heavy (non-hydrogen) atoms. The Labute approximate surface area is 94.2 Å². The van der Waals surface area contributed by atoms with Crippen LogP contribution in [-0.2, 0) is 15.5 Å². The van der Waals surface area contributed by atoms with E-state index in [1.165, 1.54) is 0 Å². The van der Waals surface area contributed by atoms with Crippen LogP contribution in [0, 0.1) is 0 Å². The Bertz CT molecular complexity index is 223. The molecular weight excluding hydrogens is 214 g/mol. The van der Waals surface area contributed by atoms with Gasteiger partial charge in [0.05, 0.1) is 0 Å². The van der Waals surface area contributed by atoms with Crippen LogP contribution in [0.25, 0.3) is 0 Å². The van der Waals surface area contributed by atoms with E-state index >= 15 is 0 Å². The van der Waals surface area contributed by atoms with Crippen LogP contribution in [0.1, 0.15) is 33.6 Å². The third kappa shape index (κ3) is 11.3. The van der Waals surface area contributed by atoms with Gasteiger partial charge in [0.2, 0.25) is 0 Å². The van der Waals surface area contributed by atoms with Crippen molar-refractivity contribution < 1.29 is 13.7 Å². The summed E-state index contributed by atoms with van der Waals surface area (Å²) in [5, 5.41) is 2.65. The molecule has 0 spiro atoms. The van der Waals surface area contributed by atoms with E-state index in [0.717, 1.165) is 12.8 Å². The van der Waals surface area contributed by atoms with E-state index in [0.29, 0.717) is 12.3 Å². The van der Waals surface area contributed by atoms with Crippen LogP contribution >= 0.6 is 0 Å². The Balaban J connectivity index is 3.44. The Morgan fingerprint density at radius 1 is 1.33 bits per heavy atom. The molecule has 0 aromatic heterocycles. The largest absolute Gasteiger partial charge is 0.444 e. The number of ether oxygens (including phenoxy) is 1. The maximum Gasteiger partial charge on any atom is 0.407 e. The maximum atomic E-state index is 11.2. The minimum absolute atomic E-state index is 0.389. The van der Waals surface area contributed by atoms with E-state index in [4.69, 9.17) is 4.74 Å². The number of carbonyl (C=O) groups is 1. The van der Waals surface area contributed by atoms with Gasteiger partial charge in [0, 0.05) is 29.4 Å². The van der Waals surface area contributed by atoms with Gasteiger partial charge in [-0.05, 0) is 33.6 Å². The third-order valence-electron chi connectivity index (χ3n) is 1.53. The lowest BCUT2D eigenvalue weighted by molar-refractivity contribution is 0.0527. The first-order valence-corrected chi connectivity index (χ1v) is 6.81. The fourth-order valence-electron chi connectivity index (χ4n) is 0.935. The molecule has 90 valence electrons. The molecule has 0 rings (SSSR count). The Morgan fingerprint density at radius 2 is 1.93 bits per heavy atom. The molecule has 0 saturated carbocycles. The number of rotatable bonds is 5. The second-order valence-electron chi connectivity index (χ2n) is 4.41. The molecule has 1 amide bonds. The van der Waals surface area contributed by atoms with Crippen molar-refractivity contribution in [2.24, 2.45) is 0 Å². The lowest BCUT2D eigenvalue weighted by Crippen LogP contribution is -2.33. The molecule has 1 unspecified atom stereocenters. The van der Waals surface area contributed by atoms with E-state index in [1.54, 1.807) is 6.26 Å². The number of carbonyl (C=O) groups excluding carboxylic acids is 1. The first-order chi connectivity index (χ1) is 6.81. The minimum atomic E-state index is -0.740. The van der Waals surface area contributed by atoms with Crippen LogP contribution < -0.4 is 5.32 Å². The van der Waals surface area contributed by atoms with Gasteiger partial charge < -0.3 is 10.1 Å². The van der Waals surface area contributed by atoms with Crippen LogP contribution in [0.4, 0.5) is 4.79 Å². The molecule has 0 aliphatic heterocycles. The van der Waals surface area contributed by atoms with Gasteiger partial charge in [0.1, 0.15) is 5.60 Å². The highest BCUT2D eigenvalue weighted by Crippen LogP contribution is 2.06. The Kier molecular flexibility index (Phi) is 6.56. The third-order valence-corrected chi connectivity index (χ3v) is 2.39. The van der Waals surface area contributed by atoms with E-state index in [2.05, 4.69) is 5.32 Å². The number of amides is 1. The Hall–Kier alpha value is -0.580. The highest BCUT2D eigenvalue weighted by molar-refractivity contribution is 7.84. The summed E-state index contributed by atoms with van der Waals surface area (Å²) in [6.45, 7) is 6.05. The zero-order valence-corrected chi connectivity index (χ0v) is 10.8. The Morgan fingerprint density at radius 3 is 2.40 bits per heavy atom. The molecular formula is C10H21NO3S. The summed E-state index contributed by atoms with van der Waals surface area (Å²) >= 11 is 0. The zero-order valence-electron chi connectivity index (χ0n) is 9.96. The van der Waals surface area contributed by atoms with Crippen molar-refractivity contribution in [3.63, 3.8) is 0 Å². The predicted octanol–water partition coefficient (Wildman–Crippen LogP) is 1.67. The highest BCUT2D eigenvalue weighted by atomic mass is 32.2. The highest BCUT2D eigenvalue weighted by Gasteiger charge is 2.15. The topological polar surface area (TPSA) is 55.4 Å². The molecule has 0 aliphatic rings. The molecule has 0 saturated heterocycles. The summed E-state index contributed by atoms with van der Waals surface area (Å²) in [5.74, 6) is 0.690. The van der Waals surface area contributed by atoms with Gasteiger partial charge in [-0.15, -0.1) is 0 Å². The molecule has 4 nitrogen and oxygen atoms in total. The summed E-state index contributed by atoms with van der Waals surface area (Å²) in [5.41, 5.74) is -0.449. The average molecular weight is 235 g/mol. The van der Waals surface area contributed by atoms with Gasteiger partial charge in [0.25, 0.3) is 0 Å². The van der Waals surface area contributed by atoms with Crippen molar-refractivity contribution in [2.75, 3.05) is 18.6 Å². The predicted molar refractivity (Wildman–Crippen MR) is 62.4 cm³/mol. The first kappa shape index (κ1) is 14.4. The molecule has 0 fully saturated rings. The SMILES string of the molecule is CS(=O)CCCCNC(=O)OC(C)(C)C. The summed E-state index contributed by atoms with van der Waals surface area (Å²) < 4.78 is 15.8. The minimum Gasteiger partial charge on any atom is -0.444 e. The van der Waals surface area contributed by atoms with Crippen LogP contribution in [0.5, 0.6) is 0 Å². The molecule has 0 bridgehead atoms. The fraction of sp³-hybridized carbons (Fsp3) is 0.900. The van der Waals surface area contributed by atoms with E-state index < -0.39 is 16.4 Å². The maximum absolute atomic E-state index is 11.2. The van der Waals surface area contributed by atoms with Crippen molar-refractivity contribution in [1.82, 2.24) is 5.32 Å². The number of unbranched alkanes of at least 4 members (excludes halogenated alkanes) is 1. The molecule has 0 aliphatic carbocycles. The van der Waals surface area contributed by atoms with E-state index in [9.17, 15) is 9.00 Å². The van der Waals surface area contributed by atoms with Gasteiger partial charge in [-0.25, -0.2) is 4.79 Å². The van der Waals surface area contributed by atoms with Crippen LogP contribution in [0.2, 0.25) is 0 Å². The quantitative estimate of drug-likeness (QED) is 0.737. The summed E-state index contributed by atoms with van der Waals surface area (Å²) in [6, 6.07) is 0. The average Bonchev–Trinajstić information content (AvgIpc) is 1.99. The molecule has 1 atom stereocenters. The fourth-order valence-corrected chi connectivity index (χ4v) is 1.55. The van der Waals surface area contributed by atoms with Crippen LogP contribution in [0.15, 0.2) is 0 Å². The zero-order chi connectivity index (χ0) is 11.9. The normalized spacial score (nSPS) is 13.3. The van der Waals surface area contributed by atoms with E-state index in [-0.39, 0.29) is 6.09 Å². The molecule has 0 radical (unpaired) electrons. The number of hydrogen-bond acceptors (Lipinski definition) is 3. The number of alkyl carbamates (subject to hydrolysis) is 1. The van der Waals surface area contributed by atoms with Gasteiger partial charge in [0.15, 0.2) is 0 Å². The van der Waals surface area contributed by atoms with Gasteiger partial charge in [-0.3, -0.25) is 4.21 Å². The number of nitrogens with one attached hydrogen (secondary N) is 1. The lowest BCUT2D eigenvalue weighted by atomic mass is 10.2. The molecule has 0 heterocycles. The van der Waals surface area contributed by atoms with Gasteiger partial charge in [-0.1, -0.05) is 0 Å². The monoisotopic (exact) mass is 235 g/mol. The second kappa shape index (κ2) is 6.82. The number of hydrogen-bond donors (Lipinski definition) is 1. The second-order valence-corrected chi connectivity index (χ2v) is 5.97. The molecule has 0 aromatic rings.